The Labute approximate surface area is 220 Å². The molecule has 0 radical (unpaired) electrons. The molecule has 0 spiro atoms. The van der Waals surface area contributed by atoms with Gasteiger partial charge in [-0.25, -0.2) is 0 Å². The summed E-state index contributed by atoms with van der Waals surface area (Å²) in [7, 11) is -1.03. The Kier molecular flexibility index (Phi) is 6.50. The lowest BCUT2D eigenvalue weighted by molar-refractivity contribution is -0.220. The third kappa shape index (κ3) is 4.06. The highest BCUT2D eigenvalue weighted by Crippen LogP contribution is 2.69. The second-order valence-electron chi connectivity index (χ2n) is 13.6. The lowest BCUT2D eigenvalue weighted by Crippen LogP contribution is -2.57. The SMILES string of the molecule is CC1([C@H]2CC[C@H]3[C@@H]4CC[C@H]5C[C@@](O)(CCS(=O)c6ccccc6)CC[C@]5(C)[C@H]4CC[C@]23C)OCCO1. The number of aliphatic hydroxyl groups is 1. The molecular weight excluding hydrogens is 468 g/mol. The number of hydrogen-bond donors (Lipinski definition) is 1. The molecule has 5 fully saturated rings. The molecule has 1 unspecified atom stereocenters. The quantitative estimate of drug-likeness (QED) is 0.498. The average molecular weight is 515 g/mol. The molecule has 9 atom stereocenters. The van der Waals surface area contributed by atoms with Gasteiger partial charge >= 0.3 is 0 Å². The highest BCUT2D eigenvalue weighted by Gasteiger charge is 2.64. The lowest BCUT2D eigenvalue weighted by Gasteiger charge is -2.62. The Hall–Kier alpha value is -0.750. The molecule has 5 heteroatoms. The van der Waals surface area contributed by atoms with E-state index >= 15 is 0 Å². The number of benzene rings is 1. The molecule has 4 nitrogen and oxygen atoms in total. The van der Waals surface area contributed by atoms with Crippen molar-refractivity contribution in [2.75, 3.05) is 19.0 Å². The number of rotatable bonds is 5. The Morgan fingerprint density at radius 3 is 2.36 bits per heavy atom. The van der Waals surface area contributed by atoms with E-state index < -0.39 is 22.2 Å². The van der Waals surface area contributed by atoms with E-state index in [0.29, 0.717) is 34.8 Å². The largest absolute Gasteiger partial charge is 0.390 e. The molecule has 0 aromatic heterocycles. The Morgan fingerprint density at radius 2 is 1.61 bits per heavy atom. The summed E-state index contributed by atoms with van der Waals surface area (Å²) in [5.41, 5.74) is -0.00734. The standard InChI is InChI=1S/C31H46O4S/c1-28-15-16-31(32,17-20-36(33)23-7-5-4-6-8-23)21-22(28)9-10-24-25-11-12-27(30(3)34-18-19-35-30)29(25,2)14-13-26(24)28/h4-8,22,24-27,32H,9-21H2,1-3H3/t22-,24-,25-,26-,27-,28-,29-,31-,36?/m0/s1. The smallest absolute Gasteiger partial charge is 0.169 e. The summed E-state index contributed by atoms with van der Waals surface area (Å²) in [6.45, 7) is 8.80. The first-order chi connectivity index (χ1) is 17.2. The highest BCUT2D eigenvalue weighted by molar-refractivity contribution is 7.85. The summed E-state index contributed by atoms with van der Waals surface area (Å²) in [6, 6.07) is 9.73. The fourth-order valence-electron chi connectivity index (χ4n) is 10.1. The molecule has 1 aliphatic heterocycles. The maximum absolute atomic E-state index is 12.8. The molecule has 5 aliphatic rings. The topological polar surface area (TPSA) is 55.8 Å². The van der Waals surface area contributed by atoms with Crippen molar-refractivity contribution in [2.24, 2.45) is 40.4 Å². The zero-order valence-corrected chi connectivity index (χ0v) is 23.4. The van der Waals surface area contributed by atoms with Gasteiger partial charge in [-0.15, -0.1) is 0 Å². The van der Waals surface area contributed by atoms with Gasteiger partial charge in [0.05, 0.1) is 29.6 Å². The van der Waals surface area contributed by atoms with Crippen molar-refractivity contribution in [3.63, 3.8) is 0 Å². The van der Waals surface area contributed by atoms with Gasteiger partial charge in [-0.3, -0.25) is 4.21 Å². The minimum absolute atomic E-state index is 0.320. The summed E-state index contributed by atoms with van der Waals surface area (Å²) in [5.74, 6) is 3.61. The lowest BCUT2D eigenvalue weighted by atomic mass is 9.43. The maximum Gasteiger partial charge on any atom is 0.169 e. The Morgan fingerprint density at radius 1 is 0.889 bits per heavy atom. The summed E-state index contributed by atoms with van der Waals surface area (Å²) in [6.07, 6.45) is 11.2. The van der Waals surface area contributed by atoms with Crippen LogP contribution in [0.1, 0.15) is 85.0 Å². The van der Waals surface area contributed by atoms with Crippen molar-refractivity contribution in [2.45, 2.75) is 101 Å². The summed E-state index contributed by atoms with van der Waals surface area (Å²) in [5, 5.41) is 11.6. The van der Waals surface area contributed by atoms with E-state index in [2.05, 4.69) is 20.8 Å². The summed E-state index contributed by atoms with van der Waals surface area (Å²) in [4.78, 5) is 0.879. The van der Waals surface area contributed by atoms with Crippen LogP contribution in [0.4, 0.5) is 0 Å². The Balaban J connectivity index is 1.14. The van der Waals surface area contributed by atoms with Crippen LogP contribution in [0.3, 0.4) is 0 Å². The van der Waals surface area contributed by atoms with Crippen molar-refractivity contribution in [1.82, 2.24) is 0 Å². The van der Waals surface area contributed by atoms with Crippen LogP contribution in [0.2, 0.25) is 0 Å². The monoisotopic (exact) mass is 514 g/mol. The molecule has 1 saturated heterocycles. The van der Waals surface area contributed by atoms with Crippen LogP contribution >= 0.6 is 0 Å². The second kappa shape index (κ2) is 9.17. The van der Waals surface area contributed by atoms with Crippen LogP contribution < -0.4 is 0 Å². The minimum atomic E-state index is -1.03. The third-order valence-corrected chi connectivity index (χ3v) is 13.4. The van der Waals surface area contributed by atoms with Crippen LogP contribution in [0.15, 0.2) is 35.2 Å². The molecule has 0 bridgehead atoms. The Bertz CT molecular complexity index is 976. The fourth-order valence-corrected chi connectivity index (χ4v) is 11.4. The highest BCUT2D eigenvalue weighted by atomic mass is 32.2. The van der Waals surface area contributed by atoms with Gasteiger partial charge < -0.3 is 14.6 Å². The molecule has 6 rings (SSSR count). The summed E-state index contributed by atoms with van der Waals surface area (Å²) < 4.78 is 25.2. The summed E-state index contributed by atoms with van der Waals surface area (Å²) >= 11 is 0. The van der Waals surface area contributed by atoms with Gasteiger partial charge in [-0.2, -0.15) is 0 Å². The molecule has 4 saturated carbocycles. The van der Waals surface area contributed by atoms with Crippen LogP contribution in [-0.4, -0.2) is 39.7 Å². The zero-order chi connectivity index (χ0) is 25.2. The normalized spacial score (nSPS) is 46.5. The molecule has 1 N–H and O–H groups in total. The van der Waals surface area contributed by atoms with Gasteiger partial charge in [0, 0.05) is 16.6 Å². The first kappa shape index (κ1) is 25.5. The average Bonchev–Trinajstić information content (AvgIpc) is 3.47. The first-order valence-electron chi connectivity index (χ1n) is 14.6. The van der Waals surface area contributed by atoms with Crippen molar-refractivity contribution in [1.29, 1.82) is 0 Å². The molecule has 4 aliphatic carbocycles. The van der Waals surface area contributed by atoms with E-state index in [1.165, 1.54) is 38.5 Å². The van der Waals surface area contributed by atoms with Crippen molar-refractivity contribution >= 4 is 10.8 Å². The predicted octanol–water partition coefficient (Wildman–Crippen LogP) is 6.34. The molecule has 36 heavy (non-hydrogen) atoms. The van der Waals surface area contributed by atoms with Crippen LogP contribution in [-0.2, 0) is 20.3 Å². The van der Waals surface area contributed by atoms with E-state index in [0.717, 1.165) is 55.1 Å². The van der Waals surface area contributed by atoms with Crippen LogP contribution in [0, 0.1) is 40.4 Å². The molecule has 1 aromatic carbocycles. The number of ether oxygens (including phenoxy) is 2. The van der Waals surface area contributed by atoms with E-state index in [9.17, 15) is 9.32 Å². The molecule has 0 amide bonds. The zero-order valence-electron chi connectivity index (χ0n) is 22.5. The number of hydrogen-bond acceptors (Lipinski definition) is 4. The first-order valence-corrected chi connectivity index (χ1v) is 15.9. The minimum Gasteiger partial charge on any atom is -0.390 e. The maximum atomic E-state index is 12.8. The molecule has 1 heterocycles. The fraction of sp³-hybridized carbons (Fsp3) is 0.806. The van der Waals surface area contributed by atoms with Gasteiger partial charge in [-0.1, -0.05) is 32.0 Å². The van der Waals surface area contributed by atoms with E-state index in [1.807, 2.05) is 30.3 Å². The van der Waals surface area contributed by atoms with Crippen molar-refractivity contribution < 1.29 is 18.8 Å². The number of fused-ring (bicyclic) bond motifs is 5. The molecular formula is C31H46O4S. The van der Waals surface area contributed by atoms with Gasteiger partial charge in [0.15, 0.2) is 5.79 Å². The van der Waals surface area contributed by atoms with Gasteiger partial charge in [-0.05, 0) is 118 Å². The molecule has 1 aromatic rings. The van der Waals surface area contributed by atoms with Gasteiger partial charge in [0.1, 0.15) is 0 Å². The van der Waals surface area contributed by atoms with Crippen LogP contribution in [0.5, 0.6) is 0 Å². The predicted molar refractivity (Wildman–Crippen MR) is 143 cm³/mol. The second-order valence-corrected chi connectivity index (χ2v) is 15.2. The molecule has 200 valence electrons. The van der Waals surface area contributed by atoms with Crippen molar-refractivity contribution in [3.05, 3.63) is 30.3 Å². The van der Waals surface area contributed by atoms with Crippen molar-refractivity contribution in [3.8, 4) is 0 Å². The van der Waals surface area contributed by atoms with Crippen LogP contribution in [0.25, 0.3) is 0 Å². The van der Waals surface area contributed by atoms with E-state index in [-0.39, 0.29) is 0 Å². The van der Waals surface area contributed by atoms with E-state index in [4.69, 9.17) is 9.47 Å². The third-order valence-electron chi connectivity index (χ3n) is 12.1. The van der Waals surface area contributed by atoms with E-state index in [1.54, 1.807) is 0 Å². The van der Waals surface area contributed by atoms with Gasteiger partial charge in [0.25, 0.3) is 0 Å². The van der Waals surface area contributed by atoms with Gasteiger partial charge in [0.2, 0.25) is 0 Å².